The lowest BCUT2D eigenvalue weighted by atomic mass is 10.0. The third-order valence-corrected chi connectivity index (χ3v) is 5.64. The summed E-state index contributed by atoms with van der Waals surface area (Å²) < 4.78 is 6.91. The SMILES string of the molecule is O=C(CCc1ccccc1)NC1CCN(Cn2c(=O)oc3ccc(Cl)cc32)CC1. The first-order chi connectivity index (χ1) is 14.1. The Bertz CT molecular complexity index is 1040. The molecule has 1 saturated heterocycles. The fourth-order valence-corrected chi connectivity index (χ4v) is 3.96. The Hall–Kier alpha value is -2.57. The van der Waals surface area contributed by atoms with Gasteiger partial charge in [0.1, 0.15) is 0 Å². The minimum absolute atomic E-state index is 0.0963. The van der Waals surface area contributed by atoms with Gasteiger partial charge in [-0.2, -0.15) is 0 Å². The van der Waals surface area contributed by atoms with Crippen molar-refractivity contribution in [2.24, 2.45) is 0 Å². The zero-order valence-corrected chi connectivity index (χ0v) is 16.9. The lowest BCUT2D eigenvalue weighted by molar-refractivity contribution is -0.122. The van der Waals surface area contributed by atoms with E-state index in [4.69, 9.17) is 16.0 Å². The monoisotopic (exact) mass is 413 g/mol. The number of carbonyl (C=O) groups is 1. The van der Waals surface area contributed by atoms with Gasteiger partial charge < -0.3 is 9.73 Å². The van der Waals surface area contributed by atoms with Crippen LogP contribution in [0.25, 0.3) is 11.1 Å². The second kappa shape index (κ2) is 8.84. The van der Waals surface area contributed by atoms with E-state index in [1.165, 1.54) is 5.56 Å². The van der Waals surface area contributed by atoms with Crippen LogP contribution in [0.1, 0.15) is 24.8 Å². The summed E-state index contributed by atoms with van der Waals surface area (Å²) in [5.74, 6) is -0.280. The normalized spacial score (nSPS) is 15.6. The van der Waals surface area contributed by atoms with E-state index in [1.807, 2.05) is 30.3 Å². The molecule has 29 heavy (non-hydrogen) atoms. The van der Waals surface area contributed by atoms with Crippen LogP contribution >= 0.6 is 11.6 Å². The number of likely N-dealkylation sites (tertiary alicyclic amines) is 1. The van der Waals surface area contributed by atoms with Crippen LogP contribution in [0.2, 0.25) is 5.02 Å². The maximum Gasteiger partial charge on any atom is 0.421 e. The fourth-order valence-electron chi connectivity index (χ4n) is 3.79. The molecule has 1 fully saturated rings. The van der Waals surface area contributed by atoms with Crippen molar-refractivity contribution >= 4 is 28.6 Å². The third kappa shape index (κ3) is 4.89. The Balaban J connectivity index is 1.28. The molecular weight excluding hydrogens is 390 g/mol. The van der Waals surface area contributed by atoms with E-state index in [0.717, 1.165) is 32.4 Å². The van der Waals surface area contributed by atoms with Gasteiger partial charge in [0.2, 0.25) is 5.91 Å². The van der Waals surface area contributed by atoms with E-state index < -0.39 is 0 Å². The summed E-state index contributed by atoms with van der Waals surface area (Å²) in [5.41, 5.74) is 2.43. The Labute approximate surface area is 174 Å². The highest BCUT2D eigenvalue weighted by Gasteiger charge is 2.22. The molecule has 1 amide bonds. The number of carbonyl (C=O) groups excluding carboxylic acids is 1. The minimum atomic E-state index is -0.376. The van der Waals surface area contributed by atoms with Crippen LogP contribution < -0.4 is 11.1 Å². The van der Waals surface area contributed by atoms with Crippen LogP contribution in [-0.4, -0.2) is 34.5 Å². The second-order valence-electron chi connectivity index (χ2n) is 7.49. The highest BCUT2D eigenvalue weighted by molar-refractivity contribution is 6.31. The Morgan fingerprint density at radius 1 is 1.14 bits per heavy atom. The van der Waals surface area contributed by atoms with Crippen molar-refractivity contribution in [3.8, 4) is 0 Å². The van der Waals surface area contributed by atoms with E-state index >= 15 is 0 Å². The summed E-state index contributed by atoms with van der Waals surface area (Å²) in [6.07, 6.45) is 2.98. The summed E-state index contributed by atoms with van der Waals surface area (Å²) in [4.78, 5) is 26.6. The van der Waals surface area contributed by atoms with Crippen LogP contribution in [0, 0.1) is 0 Å². The summed E-state index contributed by atoms with van der Waals surface area (Å²) >= 11 is 6.06. The quantitative estimate of drug-likeness (QED) is 0.672. The van der Waals surface area contributed by atoms with Gasteiger partial charge >= 0.3 is 5.76 Å². The molecule has 3 aromatic rings. The lowest BCUT2D eigenvalue weighted by Gasteiger charge is -2.32. The number of nitrogens with one attached hydrogen (secondary N) is 1. The second-order valence-corrected chi connectivity index (χ2v) is 7.93. The maximum absolute atomic E-state index is 12.3. The van der Waals surface area contributed by atoms with E-state index in [2.05, 4.69) is 10.2 Å². The number of oxazole rings is 1. The first-order valence-corrected chi connectivity index (χ1v) is 10.3. The van der Waals surface area contributed by atoms with Gasteiger partial charge in [-0.3, -0.25) is 14.3 Å². The van der Waals surface area contributed by atoms with E-state index in [-0.39, 0.29) is 17.7 Å². The van der Waals surface area contributed by atoms with Crippen molar-refractivity contribution in [1.29, 1.82) is 0 Å². The summed E-state index contributed by atoms with van der Waals surface area (Å²) in [7, 11) is 0. The summed E-state index contributed by atoms with van der Waals surface area (Å²) in [6, 6.07) is 15.4. The molecule has 6 nitrogen and oxygen atoms in total. The highest BCUT2D eigenvalue weighted by atomic mass is 35.5. The average Bonchev–Trinajstić information content (AvgIpc) is 3.03. The molecule has 4 rings (SSSR count). The molecule has 1 aliphatic heterocycles. The van der Waals surface area contributed by atoms with Gasteiger partial charge in [0.25, 0.3) is 0 Å². The molecule has 2 heterocycles. The van der Waals surface area contributed by atoms with Gasteiger partial charge in [0.15, 0.2) is 5.58 Å². The van der Waals surface area contributed by atoms with Gasteiger partial charge in [-0.25, -0.2) is 4.79 Å². The minimum Gasteiger partial charge on any atom is -0.408 e. The zero-order chi connectivity index (χ0) is 20.2. The van der Waals surface area contributed by atoms with Crippen LogP contribution in [0.3, 0.4) is 0 Å². The van der Waals surface area contributed by atoms with Crippen LogP contribution in [0.4, 0.5) is 0 Å². The predicted molar refractivity (Wildman–Crippen MR) is 113 cm³/mol. The van der Waals surface area contributed by atoms with Gasteiger partial charge in [-0.05, 0) is 43.0 Å². The first kappa shape index (κ1) is 19.7. The van der Waals surface area contributed by atoms with Gasteiger partial charge in [-0.15, -0.1) is 0 Å². The molecular formula is C22H24ClN3O3. The number of amides is 1. The number of fused-ring (bicyclic) bond motifs is 1. The lowest BCUT2D eigenvalue weighted by Crippen LogP contribution is -2.45. The zero-order valence-electron chi connectivity index (χ0n) is 16.1. The summed E-state index contributed by atoms with van der Waals surface area (Å²) in [5, 5.41) is 3.72. The number of aryl methyl sites for hydroxylation is 1. The fraction of sp³-hybridized carbons (Fsp3) is 0.364. The molecule has 7 heteroatoms. The summed E-state index contributed by atoms with van der Waals surface area (Å²) in [6.45, 7) is 2.08. The van der Waals surface area contributed by atoms with Crippen molar-refractivity contribution in [1.82, 2.24) is 14.8 Å². The molecule has 1 N–H and O–H groups in total. The Morgan fingerprint density at radius 2 is 1.90 bits per heavy atom. The predicted octanol–water partition coefficient (Wildman–Crippen LogP) is 3.42. The third-order valence-electron chi connectivity index (χ3n) is 5.41. The molecule has 1 aliphatic rings. The Morgan fingerprint density at radius 3 is 2.66 bits per heavy atom. The molecule has 2 aromatic carbocycles. The van der Waals surface area contributed by atoms with Crippen molar-refractivity contribution < 1.29 is 9.21 Å². The molecule has 0 unspecified atom stereocenters. The number of halogens is 1. The number of benzene rings is 2. The van der Waals surface area contributed by atoms with Crippen molar-refractivity contribution in [2.75, 3.05) is 13.1 Å². The van der Waals surface area contributed by atoms with Crippen LogP contribution in [0.5, 0.6) is 0 Å². The number of hydrogen-bond acceptors (Lipinski definition) is 4. The van der Waals surface area contributed by atoms with Gasteiger partial charge in [0.05, 0.1) is 12.2 Å². The topological polar surface area (TPSA) is 67.5 Å². The van der Waals surface area contributed by atoms with Crippen molar-refractivity contribution in [3.63, 3.8) is 0 Å². The van der Waals surface area contributed by atoms with Gasteiger partial charge in [-0.1, -0.05) is 41.9 Å². The number of rotatable bonds is 6. The number of aromatic nitrogens is 1. The molecule has 0 bridgehead atoms. The molecule has 0 spiro atoms. The van der Waals surface area contributed by atoms with E-state index in [9.17, 15) is 9.59 Å². The molecule has 152 valence electrons. The van der Waals surface area contributed by atoms with Crippen molar-refractivity contribution in [2.45, 2.75) is 38.4 Å². The van der Waals surface area contributed by atoms with E-state index in [0.29, 0.717) is 29.2 Å². The Kier molecular flexibility index (Phi) is 6.02. The van der Waals surface area contributed by atoms with Crippen molar-refractivity contribution in [3.05, 3.63) is 69.7 Å². The standard InChI is InChI=1S/C22H24ClN3O3/c23-17-7-8-20-19(14-17)26(22(28)29-20)15-25-12-10-18(11-13-25)24-21(27)9-6-16-4-2-1-3-5-16/h1-5,7-8,14,18H,6,9-13,15H2,(H,24,27). The first-order valence-electron chi connectivity index (χ1n) is 9.93. The number of hydrogen-bond donors (Lipinski definition) is 1. The number of piperidine rings is 1. The molecule has 0 atom stereocenters. The average molecular weight is 414 g/mol. The maximum atomic E-state index is 12.3. The number of nitrogens with zero attached hydrogens (tertiary/aromatic N) is 2. The molecule has 0 saturated carbocycles. The van der Waals surface area contributed by atoms with Gasteiger partial charge in [0, 0.05) is 30.6 Å². The largest absolute Gasteiger partial charge is 0.421 e. The molecule has 0 radical (unpaired) electrons. The van der Waals surface area contributed by atoms with Crippen LogP contribution in [-0.2, 0) is 17.9 Å². The molecule has 1 aromatic heterocycles. The molecule has 0 aliphatic carbocycles. The smallest absolute Gasteiger partial charge is 0.408 e. The van der Waals surface area contributed by atoms with Crippen LogP contribution in [0.15, 0.2) is 57.7 Å². The highest BCUT2D eigenvalue weighted by Crippen LogP contribution is 2.20. The van der Waals surface area contributed by atoms with E-state index in [1.54, 1.807) is 22.8 Å².